The van der Waals surface area contributed by atoms with E-state index in [1.54, 1.807) is 47.6 Å². The number of ether oxygens (including phenoxy) is 1. The molecular formula is C16H29NO4S. The molecule has 0 saturated carbocycles. The zero-order valence-corrected chi connectivity index (χ0v) is 15.6. The molecule has 0 radical (unpaired) electrons. The fourth-order valence-corrected chi connectivity index (χ4v) is 3.76. The maximum atomic E-state index is 12.8. The van der Waals surface area contributed by atoms with Gasteiger partial charge >= 0.3 is 5.97 Å². The first-order valence-corrected chi connectivity index (χ1v) is 9.17. The van der Waals surface area contributed by atoms with E-state index in [2.05, 4.69) is 0 Å². The van der Waals surface area contributed by atoms with Gasteiger partial charge in [-0.1, -0.05) is 25.0 Å². The highest BCUT2D eigenvalue weighted by molar-refractivity contribution is 7.90. The zero-order valence-electron chi connectivity index (χ0n) is 14.8. The van der Waals surface area contributed by atoms with Crippen LogP contribution in [0.1, 0.15) is 61.3 Å². The quantitative estimate of drug-likeness (QED) is 0.587. The smallest absolute Gasteiger partial charge is 0.328 e. The summed E-state index contributed by atoms with van der Waals surface area (Å²) in [5, 5.41) is 0. The molecule has 0 aliphatic carbocycles. The van der Waals surface area contributed by atoms with Crippen molar-refractivity contribution in [3.05, 3.63) is 11.6 Å². The highest BCUT2D eigenvalue weighted by Gasteiger charge is 2.45. The van der Waals surface area contributed by atoms with Crippen molar-refractivity contribution in [2.24, 2.45) is 0 Å². The van der Waals surface area contributed by atoms with Crippen LogP contribution in [0.25, 0.3) is 0 Å². The van der Waals surface area contributed by atoms with Crippen molar-refractivity contribution in [1.82, 2.24) is 4.31 Å². The first kappa shape index (κ1) is 19.2. The van der Waals surface area contributed by atoms with Crippen LogP contribution in [0.5, 0.6) is 0 Å². The van der Waals surface area contributed by atoms with Crippen LogP contribution in [0.4, 0.5) is 0 Å². The van der Waals surface area contributed by atoms with Crippen molar-refractivity contribution < 1.29 is 17.9 Å². The minimum absolute atomic E-state index is 0.275. The number of sulfonamides is 1. The third kappa shape index (κ3) is 4.32. The molecule has 0 aromatic rings. The lowest BCUT2D eigenvalue weighted by Crippen LogP contribution is -2.49. The van der Waals surface area contributed by atoms with E-state index < -0.39 is 32.4 Å². The molecule has 0 aromatic heterocycles. The van der Waals surface area contributed by atoms with Gasteiger partial charge in [-0.25, -0.2) is 13.2 Å². The average Bonchev–Trinajstić information content (AvgIpc) is 2.70. The summed E-state index contributed by atoms with van der Waals surface area (Å²) >= 11 is 0. The van der Waals surface area contributed by atoms with Crippen LogP contribution in [0.3, 0.4) is 0 Å². The molecule has 1 atom stereocenters. The van der Waals surface area contributed by atoms with Crippen LogP contribution in [0, 0.1) is 0 Å². The average molecular weight is 331 g/mol. The van der Waals surface area contributed by atoms with E-state index in [1.807, 2.05) is 6.92 Å². The third-order valence-corrected chi connectivity index (χ3v) is 5.89. The largest absolute Gasteiger partial charge is 0.459 e. The summed E-state index contributed by atoms with van der Waals surface area (Å²) in [5.74, 6) is -0.508. The Hall–Kier alpha value is -0.880. The Balaban J connectivity index is 3.14. The Morgan fingerprint density at radius 3 is 2.23 bits per heavy atom. The topological polar surface area (TPSA) is 63.7 Å². The summed E-state index contributed by atoms with van der Waals surface area (Å²) in [7, 11) is -3.60. The third-order valence-electron chi connectivity index (χ3n) is 3.36. The summed E-state index contributed by atoms with van der Waals surface area (Å²) in [6.07, 6.45) is 3.45. The highest BCUT2D eigenvalue weighted by atomic mass is 32.2. The van der Waals surface area contributed by atoms with E-state index in [-0.39, 0.29) is 6.54 Å². The lowest BCUT2D eigenvalue weighted by molar-refractivity contribution is -0.157. The SMILES string of the molecule is CCCC1=C[C@@H](C(=O)OC(C)(C)C)N(S(=O)(=O)C(C)(C)C)C1. The zero-order chi connectivity index (χ0) is 17.3. The van der Waals surface area contributed by atoms with Crippen LogP contribution in [-0.4, -0.2) is 41.6 Å². The number of hydrogen-bond acceptors (Lipinski definition) is 4. The van der Waals surface area contributed by atoms with Crippen LogP contribution < -0.4 is 0 Å². The maximum absolute atomic E-state index is 12.8. The Bertz CT molecular complexity index is 550. The number of nitrogens with zero attached hydrogens (tertiary/aromatic N) is 1. The van der Waals surface area contributed by atoms with Gasteiger partial charge in [-0.3, -0.25) is 0 Å². The summed E-state index contributed by atoms with van der Waals surface area (Å²) in [6, 6.07) is -0.856. The molecule has 5 nitrogen and oxygen atoms in total. The van der Waals surface area contributed by atoms with Gasteiger partial charge in [-0.2, -0.15) is 4.31 Å². The molecule has 6 heteroatoms. The minimum Gasteiger partial charge on any atom is -0.459 e. The molecule has 0 spiro atoms. The number of rotatable bonds is 4. The molecule has 0 fully saturated rings. The second-order valence-electron chi connectivity index (χ2n) is 7.72. The molecule has 0 N–H and O–H groups in total. The molecular weight excluding hydrogens is 302 g/mol. The highest BCUT2D eigenvalue weighted by Crippen LogP contribution is 2.30. The van der Waals surface area contributed by atoms with E-state index in [0.717, 1.165) is 18.4 Å². The second-order valence-corrected chi connectivity index (χ2v) is 10.4. The fourth-order valence-electron chi connectivity index (χ4n) is 2.28. The summed E-state index contributed by atoms with van der Waals surface area (Å²) in [6.45, 7) is 12.6. The summed E-state index contributed by atoms with van der Waals surface area (Å²) in [4.78, 5) is 12.4. The first-order chi connectivity index (χ1) is 9.79. The van der Waals surface area contributed by atoms with Gasteiger partial charge in [-0.05, 0) is 48.0 Å². The van der Waals surface area contributed by atoms with Gasteiger partial charge in [0.1, 0.15) is 11.6 Å². The predicted molar refractivity (Wildman–Crippen MR) is 88.0 cm³/mol. The van der Waals surface area contributed by atoms with Crippen molar-refractivity contribution in [3.8, 4) is 0 Å². The number of carbonyl (C=O) groups excluding carboxylic acids is 1. The van der Waals surface area contributed by atoms with Crippen LogP contribution in [0.2, 0.25) is 0 Å². The molecule has 1 heterocycles. The number of carbonyl (C=O) groups is 1. The normalized spacial score (nSPS) is 20.9. The number of hydrogen-bond donors (Lipinski definition) is 0. The molecule has 1 aliphatic heterocycles. The van der Waals surface area contributed by atoms with E-state index in [4.69, 9.17) is 4.74 Å². The van der Waals surface area contributed by atoms with Gasteiger partial charge in [-0.15, -0.1) is 0 Å². The van der Waals surface area contributed by atoms with E-state index >= 15 is 0 Å². The molecule has 0 bridgehead atoms. The maximum Gasteiger partial charge on any atom is 0.328 e. The van der Waals surface area contributed by atoms with Crippen LogP contribution in [-0.2, 0) is 19.6 Å². The lowest BCUT2D eigenvalue weighted by atomic mass is 10.1. The van der Waals surface area contributed by atoms with Crippen molar-refractivity contribution in [3.63, 3.8) is 0 Å². The van der Waals surface area contributed by atoms with Gasteiger partial charge in [0.25, 0.3) is 0 Å². The summed E-state index contributed by atoms with van der Waals surface area (Å²) in [5.41, 5.74) is 0.335. The van der Waals surface area contributed by atoms with Crippen LogP contribution in [0.15, 0.2) is 11.6 Å². The van der Waals surface area contributed by atoms with Crippen molar-refractivity contribution >= 4 is 16.0 Å². The van der Waals surface area contributed by atoms with Gasteiger partial charge in [0.2, 0.25) is 10.0 Å². The molecule has 0 saturated heterocycles. The second kappa shape index (κ2) is 6.32. The molecule has 1 aliphatic rings. The molecule has 0 unspecified atom stereocenters. The summed E-state index contributed by atoms with van der Waals surface area (Å²) < 4.78 is 31.3. The van der Waals surface area contributed by atoms with Crippen molar-refractivity contribution in [2.45, 2.75) is 77.7 Å². The fraction of sp³-hybridized carbons (Fsp3) is 0.812. The molecule has 128 valence electrons. The van der Waals surface area contributed by atoms with Gasteiger partial charge in [0, 0.05) is 6.54 Å². The number of esters is 1. The first-order valence-electron chi connectivity index (χ1n) is 7.73. The Kier molecular flexibility index (Phi) is 5.50. The van der Waals surface area contributed by atoms with Gasteiger partial charge in [0.15, 0.2) is 0 Å². The molecule has 1 rings (SSSR count). The monoisotopic (exact) mass is 331 g/mol. The van der Waals surface area contributed by atoms with Gasteiger partial charge in [0.05, 0.1) is 4.75 Å². The van der Waals surface area contributed by atoms with Crippen molar-refractivity contribution in [2.75, 3.05) is 6.54 Å². The Morgan fingerprint density at radius 2 is 1.82 bits per heavy atom. The minimum atomic E-state index is -3.60. The Morgan fingerprint density at radius 1 is 1.27 bits per heavy atom. The standard InChI is InChI=1S/C16H29NO4S/c1-8-9-12-10-13(14(18)21-15(2,3)4)17(11-12)22(19,20)16(5,6)7/h10,13H,8-9,11H2,1-7H3/t13-/m0/s1. The van der Waals surface area contributed by atoms with E-state index in [0.29, 0.717) is 0 Å². The molecule has 0 amide bonds. The lowest BCUT2D eigenvalue weighted by Gasteiger charge is -2.31. The van der Waals surface area contributed by atoms with E-state index in [1.165, 1.54) is 4.31 Å². The van der Waals surface area contributed by atoms with E-state index in [9.17, 15) is 13.2 Å². The predicted octanol–water partition coefficient (Wildman–Crippen LogP) is 2.87. The van der Waals surface area contributed by atoms with Gasteiger partial charge < -0.3 is 4.74 Å². The Labute approximate surface area is 134 Å². The molecule has 22 heavy (non-hydrogen) atoms. The van der Waals surface area contributed by atoms with Crippen LogP contribution >= 0.6 is 0 Å². The molecule has 0 aromatic carbocycles. The van der Waals surface area contributed by atoms with Crippen molar-refractivity contribution in [1.29, 1.82) is 0 Å².